The third-order valence-electron chi connectivity index (χ3n) is 1.61. The van der Waals surface area contributed by atoms with Crippen LogP contribution in [0.15, 0.2) is 22.7 Å². The van der Waals surface area contributed by atoms with Crippen molar-refractivity contribution < 1.29 is 0 Å². The highest BCUT2D eigenvalue weighted by atomic mass is 79.9. The Kier molecular flexibility index (Phi) is 3.85. The third-order valence-corrected chi connectivity index (χ3v) is 2.11. The topological polar surface area (TPSA) is 26.0 Å². The van der Waals surface area contributed by atoms with Gasteiger partial charge in [0, 0.05) is 22.1 Å². The number of benzene rings is 1. The van der Waals surface area contributed by atoms with Gasteiger partial charge in [-0.05, 0) is 24.6 Å². The first-order chi connectivity index (χ1) is 6.24. The fourth-order valence-electron chi connectivity index (χ4n) is 0.919. The Hall–Kier alpha value is -0.940. The summed E-state index contributed by atoms with van der Waals surface area (Å²) in [7, 11) is 0. The summed E-state index contributed by atoms with van der Waals surface area (Å²) in [4.78, 5) is 0. The summed E-state index contributed by atoms with van der Waals surface area (Å²) in [6, 6.07) is 5.72. The summed E-state index contributed by atoms with van der Waals surface area (Å²) in [6.45, 7) is 2.11. The Morgan fingerprint density at radius 1 is 1.46 bits per heavy atom. The standard InChI is InChI=1S/C11H12BrN/c1-2-3-4-5-9-8-10(12)6-7-11(9)13/h6-8H,2-3,13H2,1H3. The number of nitrogens with two attached hydrogens (primary N) is 1. The molecule has 0 aliphatic rings. The van der Waals surface area contributed by atoms with Gasteiger partial charge in [0.25, 0.3) is 0 Å². The van der Waals surface area contributed by atoms with Crippen LogP contribution in [0.2, 0.25) is 0 Å². The summed E-state index contributed by atoms with van der Waals surface area (Å²) in [5.41, 5.74) is 7.40. The summed E-state index contributed by atoms with van der Waals surface area (Å²) >= 11 is 3.38. The Morgan fingerprint density at radius 3 is 2.92 bits per heavy atom. The summed E-state index contributed by atoms with van der Waals surface area (Å²) in [5.74, 6) is 6.12. The zero-order chi connectivity index (χ0) is 9.68. The van der Waals surface area contributed by atoms with Crippen molar-refractivity contribution in [1.29, 1.82) is 0 Å². The number of rotatable bonds is 1. The summed E-state index contributed by atoms with van der Waals surface area (Å²) < 4.78 is 1.02. The molecule has 1 aromatic carbocycles. The zero-order valence-electron chi connectivity index (χ0n) is 7.60. The molecule has 1 rings (SSSR count). The van der Waals surface area contributed by atoms with Gasteiger partial charge < -0.3 is 5.73 Å². The minimum absolute atomic E-state index is 0.742. The highest BCUT2D eigenvalue weighted by Crippen LogP contribution is 2.17. The first-order valence-electron chi connectivity index (χ1n) is 4.28. The largest absolute Gasteiger partial charge is 0.398 e. The van der Waals surface area contributed by atoms with E-state index in [-0.39, 0.29) is 0 Å². The van der Waals surface area contributed by atoms with E-state index in [1.54, 1.807) is 0 Å². The van der Waals surface area contributed by atoms with E-state index in [1.165, 1.54) is 0 Å². The predicted octanol–water partition coefficient (Wildman–Crippen LogP) is 3.18. The molecule has 0 unspecified atom stereocenters. The monoisotopic (exact) mass is 237 g/mol. The molecule has 0 atom stereocenters. The van der Waals surface area contributed by atoms with Gasteiger partial charge in [0.15, 0.2) is 0 Å². The number of anilines is 1. The Bertz CT molecular complexity index is 347. The molecule has 13 heavy (non-hydrogen) atoms. The Labute approximate surface area is 87.5 Å². The second-order valence-corrected chi connectivity index (χ2v) is 3.70. The fourth-order valence-corrected chi connectivity index (χ4v) is 1.28. The quantitative estimate of drug-likeness (QED) is 0.590. The van der Waals surface area contributed by atoms with Crippen molar-refractivity contribution in [2.45, 2.75) is 19.8 Å². The van der Waals surface area contributed by atoms with Crippen LogP contribution in [0, 0.1) is 11.8 Å². The van der Waals surface area contributed by atoms with Crippen LogP contribution in [-0.4, -0.2) is 0 Å². The van der Waals surface area contributed by atoms with Crippen LogP contribution in [-0.2, 0) is 0 Å². The molecule has 1 nitrogen and oxygen atoms in total. The molecule has 0 saturated heterocycles. The Balaban J connectivity index is 2.89. The van der Waals surface area contributed by atoms with Crippen LogP contribution >= 0.6 is 15.9 Å². The molecule has 0 bridgehead atoms. The van der Waals surface area contributed by atoms with Gasteiger partial charge in [0.1, 0.15) is 0 Å². The van der Waals surface area contributed by atoms with Gasteiger partial charge in [-0.15, -0.1) is 0 Å². The molecule has 0 radical (unpaired) electrons. The first-order valence-corrected chi connectivity index (χ1v) is 5.07. The molecular formula is C11H12BrN. The molecule has 0 spiro atoms. The maximum Gasteiger partial charge on any atom is 0.0486 e. The lowest BCUT2D eigenvalue weighted by molar-refractivity contribution is 0.983. The van der Waals surface area contributed by atoms with Crippen molar-refractivity contribution in [2.24, 2.45) is 0 Å². The zero-order valence-corrected chi connectivity index (χ0v) is 9.19. The van der Waals surface area contributed by atoms with E-state index in [4.69, 9.17) is 5.73 Å². The molecule has 68 valence electrons. The molecule has 2 heteroatoms. The van der Waals surface area contributed by atoms with E-state index >= 15 is 0 Å². The first kappa shape index (κ1) is 10.1. The molecule has 0 heterocycles. The molecular weight excluding hydrogens is 226 g/mol. The van der Waals surface area contributed by atoms with Crippen molar-refractivity contribution >= 4 is 21.6 Å². The summed E-state index contributed by atoms with van der Waals surface area (Å²) in [5, 5.41) is 0. The van der Waals surface area contributed by atoms with E-state index < -0.39 is 0 Å². The van der Waals surface area contributed by atoms with Crippen LogP contribution in [0.1, 0.15) is 25.3 Å². The number of halogens is 1. The van der Waals surface area contributed by atoms with E-state index in [9.17, 15) is 0 Å². The smallest absolute Gasteiger partial charge is 0.0486 e. The van der Waals surface area contributed by atoms with Gasteiger partial charge in [-0.25, -0.2) is 0 Å². The molecule has 0 saturated carbocycles. The van der Waals surface area contributed by atoms with E-state index in [0.29, 0.717) is 0 Å². The van der Waals surface area contributed by atoms with Gasteiger partial charge in [-0.3, -0.25) is 0 Å². The Morgan fingerprint density at radius 2 is 2.23 bits per heavy atom. The lowest BCUT2D eigenvalue weighted by Crippen LogP contribution is -1.89. The van der Waals surface area contributed by atoms with E-state index in [0.717, 1.165) is 28.6 Å². The molecule has 0 aliphatic carbocycles. The average Bonchev–Trinajstić information content (AvgIpc) is 2.11. The SMILES string of the molecule is CCCC#Cc1cc(Br)ccc1N. The van der Waals surface area contributed by atoms with E-state index in [2.05, 4.69) is 34.7 Å². The minimum atomic E-state index is 0.742. The second-order valence-electron chi connectivity index (χ2n) is 2.78. The van der Waals surface area contributed by atoms with Crippen molar-refractivity contribution in [3.05, 3.63) is 28.2 Å². The van der Waals surface area contributed by atoms with Gasteiger partial charge in [0.2, 0.25) is 0 Å². The number of hydrogen-bond donors (Lipinski definition) is 1. The van der Waals surface area contributed by atoms with Crippen molar-refractivity contribution in [1.82, 2.24) is 0 Å². The van der Waals surface area contributed by atoms with E-state index in [1.807, 2.05) is 18.2 Å². The van der Waals surface area contributed by atoms with Crippen molar-refractivity contribution in [3.8, 4) is 11.8 Å². The minimum Gasteiger partial charge on any atom is -0.398 e. The molecule has 0 fully saturated rings. The molecule has 1 aromatic rings. The second kappa shape index (κ2) is 4.94. The fraction of sp³-hybridized carbons (Fsp3) is 0.273. The predicted molar refractivity (Wildman–Crippen MR) is 60.3 cm³/mol. The van der Waals surface area contributed by atoms with Crippen LogP contribution in [0.25, 0.3) is 0 Å². The van der Waals surface area contributed by atoms with Crippen molar-refractivity contribution in [3.63, 3.8) is 0 Å². The van der Waals surface area contributed by atoms with Crippen LogP contribution < -0.4 is 5.73 Å². The van der Waals surface area contributed by atoms with Crippen LogP contribution in [0.5, 0.6) is 0 Å². The third kappa shape index (κ3) is 3.12. The highest BCUT2D eigenvalue weighted by Gasteiger charge is 1.94. The van der Waals surface area contributed by atoms with Crippen LogP contribution in [0.3, 0.4) is 0 Å². The lowest BCUT2D eigenvalue weighted by Gasteiger charge is -1.97. The highest BCUT2D eigenvalue weighted by molar-refractivity contribution is 9.10. The maximum atomic E-state index is 5.75. The maximum absolute atomic E-state index is 5.75. The van der Waals surface area contributed by atoms with Crippen molar-refractivity contribution in [2.75, 3.05) is 5.73 Å². The molecule has 0 amide bonds. The van der Waals surface area contributed by atoms with Gasteiger partial charge in [-0.1, -0.05) is 34.7 Å². The van der Waals surface area contributed by atoms with Gasteiger partial charge >= 0.3 is 0 Å². The average molecular weight is 238 g/mol. The molecule has 0 aromatic heterocycles. The van der Waals surface area contributed by atoms with Gasteiger partial charge in [0.05, 0.1) is 0 Å². The van der Waals surface area contributed by atoms with Crippen LogP contribution in [0.4, 0.5) is 5.69 Å². The number of unbranched alkanes of at least 4 members (excludes halogenated alkanes) is 1. The molecule has 2 N–H and O–H groups in total. The molecule has 0 aliphatic heterocycles. The number of nitrogen functional groups attached to an aromatic ring is 1. The normalized spacial score (nSPS) is 9.08. The van der Waals surface area contributed by atoms with Gasteiger partial charge in [-0.2, -0.15) is 0 Å². The number of hydrogen-bond acceptors (Lipinski definition) is 1. The lowest BCUT2D eigenvalue weighted by atomic mass is 10.2. The summed E-state index contributed by atoms with van der Waals surface area (Å²) in [6.07, 6.45) is 2.01.